The Balaban J connectivity index is 2.55. The molecule has 21 heavy (non-hydrogen) atoms. The monoisotopic (exact) mass is 394 g/mol. The molecule has 2 rings (SSSR count). The molecule has 0 bridgehead atoms. The van der Waals surface area contributed by atoms with Crippen LogP contribution in [0.3, 0.4) is 0 Å². The zero-order valence-corrected chi connectivity index (χ0v) is 15.2. The van der Waals surface area contributed by atoms with Crippen LogP contribution >= 0.6 is 27.5 Å². The lowest BCUT2D eigenvalue weighted by atomic mass is 10.2. The molecular formula is C14H17BrClFN2OS. The maximum Gasteiger partial charge on any atom is 0.139 e. The standard InChI is InChI=1S/C14H17BrClFN2OS/c1-8(4-5-21(3)20)19-13-6-10(15)11(17)7-12(13)18-14(19)9(2)16/h6-9H,4-5H2,1-3H3. The van der Waals surface area contributed by atoms with E-state index in [1.165, 1.54) is 6.07 Å². The van der Waals surface area contributed by atoms with Crippen LogP contribution in [0.4, 0.5) is 4.39 Å². The zero-order chi connectivity index (χ0) is 15.7. The van der Waals surface area contributed by atoms with Crippen molar-refractivity contribution in [2.75, 3.05) is 12.0 Å². The lowest BCUT2D eigenvalue weighted by molar-refractivity contribution is 0.523. The highest BCUT2D eigenvalue weighted by Crippen LogP contribution is 2.32. The topological polar surface area (TPSA) is 34.9 Å². The Morgan fingerprint density at radius 2 is 2.14 bits per heavy atom. The fourth-order valence-electron chi connectivity index (χ4n) is 2.32. The number of fused-ring (bicyclic) bond motifs is 1. The summed E-state index contributed by atoms with van der Waals surface area (Å²) in [5.41, 5.74) is 1.42. The van der Waals surface area contributed by atoms with Crippen LogP contribution in [-0.2, 0) is 10.8 Å². The molecule has 0 radical (unpaired) electrons. The van der Waals surface area contributed by atoms with E-state index in [4.69, 9.17) is 11.6 Å². The van der Waals surface area contributed by atoms with E-state index < -0.39 is 10.8 Å². The number of hydrogen-bond donors (Lipinski definition) is 0. The molecule has 116 valence electrons. The van der Waals surface area contributed by atoms with Gasteiger partial charge >= 0.3 is 0 Å². The van der Waals surface area contributed by atoms with Crippen molar-refractivity contribution in [2.45, 2.75) is 31.7 Å². The molecule has 0 aliphatic carbocycles. The third-order valence-electron chi connectivity index (χ3n) is 3.38. The maximum absolute atomic E-state index is 13.7. The molecule has 3 atom stereocenters. The Morgan fingerprint density at radius 1 is 1.48 bits per heavy atom. The molecule has 0 spiro atoms. The molecule has 1 heterocycles. The predicted octanol–water partition coefficient (Wildman–Crippen LogP) is 4.57. The van der Waals surface area contributed by atoms with Gasteiger partial charge in [0.15, 0.2) is 0 Å². The quantitative estimate of drug-likeness (QED) is 0.695. The number of benzene rings is 1. The van der Waals surface area contributed by atoms with Crippen LogP contribution in [0.2, 0.25) is 0 Å². The van der Waals surface area contributed by atoms with Crippen LogP contribution in [0.5, 0.6) is 0 Å². The van der Waals surface area contributed by atoms with Crippen LogP contribution in [0, 0.1) is 5.82 Å². The van der Waals surface area contributed by atoms with E-state index in [1.54, 1.807) is 12.3 Å². The Hall–Kier alpha value is -0.460. The summed E-state index contributed by atoms with van der Waals surface area (Å²) in [6.45, 7) is 3.88. The van der Waals surface area contributed by atoms with Crippen molar-refractivity contribution in [3.63, 3.8) is 0 Å². The molecule has 3 unspecified atom stereocenters. The molecule has 1 aromatic carbocycles. The number of hydrogen-bond acceptors (Lipinski definition) is 2. The SMILES string of the molecule is CC(Cl)c1nc2cc(F)c(Br)cc2n1C(C)CCS(C)=O. The summed E-state index contributed by atoms with van der Waals surface area (Å²) < 4.78 is 27.4. The van der Waals surface area contributed by atoms with E-state index in [0.717, 1.165) is 11.9 Å². The number of nitrogens with zero attached hydrogens (tertiary/aromatic N) is 2. The van der Waals surface area contributed by atoms with E-state index in [-0.39, 0.29) is 17.2 Å². The second-order valence-corrected chi connectivity index (χ2v) is 8.19. The molecule has 0 N–H and O–H groups in total. The Labute approximate surface area is 139 Å². The first kappa shape index (κ1) is 16.9. The Kier molecular flexibility index (Phi) is 5.43. The van der Waals surface area contributed by atoms with E-state index in [0.29, 0.717) is 21.6 Å². The minimum atomic E-state index is -0.843. The summed E-state index contributed by atoms with van der Waals surface area (Å²) in [6.07, 6.45) is 2.44. The van der Waals surface area contributed by atoms with Gasteiger partial charge in [-0.25, -0.2) is 9.37 Å². The molecule has 3 nitrogen and oxygen atoms in total. The number of alkyl halides is 1. The zero-order valence-electron chi connectivity index (χ0n) is 12.1. The highest BCUT2D eigenvalue weighted by atomic mass is 79.9. The molecule has 0 saturated heterocycles. The van der Waals surface area contributed by atoms with Gasteiger partial charge in [0.2, 0.25) is 0 Å². The smallest absolute Gasteiger partial charge is 0.139 e. The van der Waals surface area contributed by atoms with Crippen LogP contribution in [0.25, 0.3) is 11.0 Å². The van der Waals surface area contributed by atoms with Gasteiger partial charge in [0, 0.05) is 34.9 Å². The molecule has 0 aliphatic rings. The summed E-state index contributed by atoms with van der Waals surface area (Å²) in [5.74, 6) is 0.973. The first-order valence-electron chi connectivity index (χ1n) is 6.62. The Morgan fingerprint density at radius 3 is 2.71 bits per heavy atom. The predicted molar refractivity (Wildman–Crippen MR) is 89.9 cm³/mol. The summed E-state index contributed by atoms with van der Waals surface area (Å²) in [6, 6.07) is 3.22. The lowest BCUT2D eigenvalue weighted by Gasteiger charge is -2.18. The van der Waals surface area contributed by atoms with Crippen molar-refractivity contribution in [3.8, 4) is 0 Å². The number of aromatic nitrogens is 2. The highest BCUT2D eigenvalue weighted by Gasteiger charge is 2.20. The minimum absolute atomic E-state index is 0.0902. The van der Waals surface area contributed by atoms with Gasteiger partial charge in [-0.15, -0.1) is 11.6 Å². The largest absolute Gasteiger partial charge is 0.324 e. The molecule has 2 aromatic rings. The molecular weight excluding hydrogens is 379 g/mol. The van der Waals surface area contributed by atoms with E-state index in [9.17, 15) is 8.60 Å². The summed E-state index contributed by atoms with van der Waals surface area (Å²) in [5, 5.41) is -0.284. The van der Waals surface area contributed by atoms with Gasteiger partial charge in [-0.2, -0.15) is 0 Å². The average Bonchev–Trinajstić information content (AvgIpc) is 2.75. The fourth-order valence-corrected chi connectivity index (χ4v) is 3.48. The third-order valence-corrected chi connectivity index (χ3v) is 4.99. The van der Waals surface area contributed by atoms with Crippen molar-refractivity contribution in [1.29, 1.82) is 0 Å². The summed E-state index contributed by atoms with van der Waals surface area (Å²) in [4.78, 5) is 4.46. The second kappa shape index (κ2) is 6.75. The van der Waals surface area contributed by atoms with Gasteiger partial charge < -0.3 is 4.57 Å². The van der Waals surface area contributed by atoms with Gasteiger partial charge in [-0.3, -0.25) is 4.21 Å². The molecule has 7 heteroatoms. The Bertz CT molecular complexity index is 689. The molecule has 1 aromatic heterocycles. The van der Waals surface area contributed by atoms with Gasteiger partial charge in [0.05, 0.1) is 20.9 Å². The number of rotatable bonds is 5. The van der Waals surface area contributed by atoms with Crippen molar-refractivity contribution < 1.29 is 8.60 Å². The lowest BCUT2D eigenvalue weighted by Crippen LogP contribution is -2.12. The molecule has 0 amide bonds. The van der Waals surface area contributed by atoms with E-state index in [1.807, 2.05) is 18.4 Å². The van der Waals surface area contributed by atoms with Crippen molar-refractivity contribution in [2.24, 2.45) is 0 Å². The molecule has 0 aliphatic heterocycles. The van der Waals surface area contributed by atoms with Gasteiger partial charge in [-0.1, -0.05) is 0 Å². The fraction of sp³-hybridized carbons (Fsp3) is 0.500. The van der Waals surface area contributed by atoms with Crippen LogP contribution < -0.4 is 0 Å². The molecule has 0 saturated carbocycles. The van der Waals surface area contributed by atoms with Gasteiger partial charge in [0.25, 0.3) is 0 Å². The maximum atomic E-state index is 13.7. The second-order valence-electron chi connectivity index (χ2n) is 5.13. The third kappa shape index (κ3) is 3.66. The first-order chi connectivity index (χ1) is 9.81. The minimum Gasteiger partial charge on any atom is -0.324 e. The van der Waals surface area contributed by atoms with Gasteiger partial charge in [-0.05, 0) is 42.3 Å². The van der Waals surface area contributed by atoms with Crippen LogP contribution in [-0.4, -0.2) is 25.8 Å². The van der Waals surface area contributed by atoms with Gasteiger partial charge in [0.1, 0.15) is 11.6 Å². The van der Waals surface area contributed by atoms with Crippen molar-refractivity contribution >= 4 is 49.4 Å². The normalized spacial score (nSPS) is 16.1. The summed E-state index contributed by atoms with van der Waals surface area (Å²) in [7, 11) is -0.843. The molecule has 0 fully saturated rings. The van der Waals surface area contributed by atoms with Crippen LogP contribution in [0.15, 0.2) is 16.6 Å². The van der Waals surface area contributed by atoms with Crippen molar-refractivity contribution in [3.05, 3.63) is 28.2 Å². The average molecular weight is 396 g/mol. The van der Waals surface area contributed by atoms with E-state index in [2.05, 4.69) is 20.9 Å². The number of halogens is 3. The van der Waals surface area contributed by atoms with E-state index >= 15 is 0 Å². The number of imidazole rings is 1. The van der Waals surface area contributed by atoms with Crippen LogP contribution in [0.1, 0.15) is 37.5 Å². The summed E-state index contributed by atoms with van der Waals surface area (Å²) >= 11 is 9.43. The van der Waals surface area contributed by atoms with Crippen molar-refractivity contribution in [1.82, 2.24) is 9.55 Å². The first-order valence-corrected chi connectivity index (χ1v) is 9.58. The highest BCUT2D eigenvalue weighted by molar-refractivity contribution is 9.10.